The molecule has 0 aromatic heterocycles. The van der Waals surface area contributed by atoms with Crippen molar-refractivity contribution in [3.8, 4) is 11.1 Å². The van der Waals surface area contributed by atoms with Crippen LogP contribution in [0.3, 0.4) is 0 Å². The lowest BCUT2D eigenvalue weighted by Crippen LogP contribution is -2.62. The summed E-state index contributed by atoms with van der Waals surface area (Å²) in [5, 5.41) is 0. The van der Waals surface area contributed by atoms with Crippen molar-refractivity contribution in [3.63, 3.8) is 0 Å². The Morgan fingerprint density at radius 3 is 1.45 bits per heavy atom. The number of fused-ring (bicyclic) bond motifs is 7. The van der Waals surface area contributed by atoms with Gasteiger partial charge in [0, 0.05) is 38.1 Å². The quantitative estimate of drug-likeness (QED) is 0.162. The Bertz CT molecular complexity index is 3250. The van der Waals surface area contributed by atoms with Crippen molar-refractivity contribution in [2.75, 3.05) is 9.80 Å². The number of rotatable bonds is 4. The van der Waals surface area contributed by atoms with Crippen molar-refractivity contribution in [1.29, 1.82) is 0 Å². The Hall–Kier alpha value is -5.02. The van der Waals surface area contributed by atoms with Crippen LogP contribution in [0.1, 0.15) is 197 Å². The molecule has 3 aliphatic carbocycles. The average Bonchev–Trinajstić information content (AvgIpc) is 3.46. The average molecular weight is 914 g/mol. The third-order valence-corrected chi connectivity index (χ3v) is 18.4. The van der Waals surface area contributed by atoms with Crippen LogP contribution in [0.2, 0.25) is 0 Å². The highest BCUT2D eigenvalue weighted by molar-refractivity contribution is 7.00. The zero-order valence-electron chi connectivity index (χ0n) is 48.0. The lowest BCUT2D eigenvalue weighted by molar-refractivity contribution is 0.331. The molecule has 2 heterocycles. The molecule has 0 radical (unpaired) electrons. The number of aryl methyl sites for hydroxylation is 2. The molecule has 11 rings (SSSR count). The molecule has 0 bridgehead atoms. The maximum atomic E-state index is 8.86. The van der Waals surface area contributed by atoms with Crippen LogP contribution >= 0.6 is 0 Å². The van der Waals surface area contributed by atoms with E-state index in [2.05, 4.69) is 218 Å². The van der Waals surface area contributed by atoms with Crippen LogP contribution in [0, 0.1) is 6.92 Å². The van der Waals surface area contributed by atoms with Crippen LogP contribution in [0.5, 0.6) is 0 Å². The number of anilines is 6. The molecular weight excluding hydrogens is 832 g/mol. The van der Waals surface area contributed by atoms with Crippen LogP contribution in [-0.2, 0) is 44.3 Å². The minimum atomic E-state index is -2.18. The Morgan fingerprint density at radius 1 is 0.493 bits per heavy atom. The first-order valence-corrected chi connectivity index (χ1v) is 26.3. The lowest BCUT2D eigenvalue weighted by Gasteiger charge is -2.48. The molecule has 2 aliphatic heterocycles. The molecule has 0 fully saturated rings. The number of nitrogens with zero attached hydrogens (tertiary/aromatic N) is 2. The number of hydrogen-bond donors (Lipinski definition) is 0. The maximum Gasteiger partial charge on any atom is 0.252 e. The summed E-state index contributed by atoms with van der Waals surface area (Å²) in [6.07, 6.45) is 5.54. The largest absolute Gasteiger partial charge is 0.311 e. The molecule has 69 heavy (non-hydrogen) atoms. The lowest BCUT2D eigenvalue weighted by atomic mass is 9.32. The van der Waals surface area contributed by atoms with E-state index in [1.807, 2.05) is 0 Å². The topological polar surface area (TPSA) is 6.48 Å². The summed E-state index contributed by atoms with van der Waals surface area (Å²) < 4.78 is 26.6. The Kier molecular flexibility index (Phi) is 9.17. The van der Waals surface area contributed by atoms with Crippen molar-refractivity contribution < 1.29 is 4.11 Å². The molecule has 356 valence electrons. The van der Waals surface area contributed by atoms with E-state index < -0.39 is 6.85 Å². The van der Waals surface area contributed by atoms with Gasteiger partial charge >= 0.3 is 0 Å². The van der Waals surface area contributed by atoms with Gasteiger partial charge in [0.25, 0.3) is 6.71 Å². The molecule has 0 amide bonds. The van der Waals surface area contributed by atoms with Crippen molar-refractivity contribution in [1.82, 2.24) is 0 Å². The Labute approximate surface area is 421 Å². The van der Waals surface area contributed by atoms with Gasteiger partial charge in [-0.25, -0.2) is 0 Å². The molecule has 2 nitrogen and oxygen atoms in total. The van der Waals surface area contributed by atoms with E-state index in [9.17, 15) is 0 Å². The van der Waals surface area contributed by atoms with Gasteiger partial charge in [-0.1, -0.05) is 165 Å². The standard InChI is InChI=1S/C66H79BN2/c1-18-41-31-57-59-58(32-41)69(54-36-48-45(30-40(54)2)61(6,7)26-28-63(48,10)11)56-37-49-46(62(8,9)27-29-64(49,12)13)34-51(56)67(59)52-35-47-50(66(16,17)39-65(47,14)15)38-55(52)68(57)53-25-24-43(60(3,4)5)33-44(53)42-22-20-19-21-23-42/h19-25,30-38H,18,26-29,39H2,1-17H3/i1D3. The molecule has 0 unspecified atom stereocenters. The van der Waals surface area contributed by atoms with E-state index in [1.54, 1.807) is 0 Å². The van der Waals surface area contributed by atoms with Crippen LogP contribution in [0.15, 0.2) is 97.1 Å². The van der Waals surface area contributed by atoms with Gasteiger partial charge in [-0.2, -0.15) is 0 Å². The third kappa shape index (κ3) is 6.92. The van der Waals surface area contributed by atoms with Crippen molar-refractivity contribution in [2.24, 2.45) is 0 Å². The summed E-state index contributed by atoms with van der Waals surface area (Å²) in [7, 11) is 0. The number of hydrogen-bond acceptors (Lipinski definition) is 2. The van der Waals surface area contributed by atoms with Crippen molar-refractivity contribution >= 4 is 57.2 Å². The summed E-state index contributed by atoms with van der Waals surface area (Å²) in [4.78, 5) is 5.19. The molecule has 6 aromatic carbocycles. The molecule has 0 N–H and O–H groups in total. The fourth-order valence-corrected chi connectivity index (χ4v) is 14.2. The van der Waals surface area contributed by atoms with Crippen molar-refractivity contribution in [3.05, 3.63) is 147 Å². The van der Waals surface area contributed by atoms with E-state index in [-0.39, 0.29) is 51.0 Å². The van der Waals surface area contributed by atoms with Gasteiger partial charge in [0.1, 0.15) is 0 Å². The second-order valence-corrected chi connectivity index (χ2v) is 27.3. The predicted molar refractivity (Wildman–Crippen MR) is 300 cm³/mol. The summed E-state index contributed by atoms with van der Waals surface area (Å²) in [6, 6.07) is 38.1. The fourth-order valence-electron chi connectivity index (χ4n) is 14.2. The van der Waals surface area contributed by atoms with Gasteiger partial charge in [-0.15, -0.1) is 0 Å². The SMILES string of the molecule is [2H]C([2H])([2H])Cc1cc2c3c(c1)N(c1ccc(C(C)(C)C)cc1-c1ccccc1)c1cc4c(cc1B3c1cc3c(cc1N2c1cc2c(cc1C)C(C)(C)CCC2(C)C)C(C)(C)CCC3(C)C)C(C)(C)CC4(C)C. The first kappa shape index (κ1) is 42.8. The smallest absolute Gasteiger partial charge is 0.252 e. The monoisotopic (exact) mass is 914 g/mol. The molecule has 3 heteroatoms. The fraction of sp³-hybridized carbons (Fsp3) is 0.455. The van der Waals surface area contributed by atoms with Gasteiger partial charge in [0.2, 0.25) is 0 Å². The van der Waals surface area contributed by atoms with Crippen molar-refractivity contribution in [2.45, 2.75) is 194 Å². The summed E-state index contributed by atoms with van der Waals surface area (Å²) in [6.45, 7) is 36.3. The maximum absolute atomic E-state index is 8.86. The molecule has 0 saturated heterocycles. The Morgan fingerprint density at radius 2 is 0.942 bits per heavy atom. The minimum Gasteiger partial charge on any atom is -0.311 e. The van der Waals surface area contributed by atoms with E-state index in [0.717, 1.165) is 60.3 Å². The molecule has 0 atom stereocenters. The van der Waals surface area contributed by atoms with Crippen LogP contribution in [0.25, 0.3) is 11.1 Å². The minimum absolute atomic E-state index is 0.0113. The summed E-state index contributed by atoms with van der Waals surface area (Å²) in [5.41, 5.74) is 25.0. The van der Waals surface area contributed by atoms with E-state index in [4.69, 9.17) is 4.11 Å². The van der Waals surface area contributed by atoms with Gasteiger partial charge in [-0.05, 0) is 198 Å². The first-order valence-electron chi connectivity index (χ1n) is 27.8. The summed E-state index contributed by atoms with van der Waals surface area (Å²) in [5.74, 6) is 0. The van der Waals surface area contributed by atoms with Gasteiger partial charge in [0.05, 0.1) is 5.69 Å². The van der Waals surface area contributed by atoms with Gasteiger partial charge in [-0.3, -0.25) is 0 Å². The normalized spacial score (nSPS) is 21.2. The predicted octanol–water partition coefficient (Wildman–Crippen LogP) is 16.3. The second-order valence-electron chi connectivity index (χ2n) is 27.3. The highest BCUT2D eigenvalue weighted by Gasteiger charge is 2.50. The molecule has 0 saturated carbocycles. The zero-order chi connectivity index (χ0) is 51.8. The molecule has 5 aliphatic rings. The highest BCUT2D eigenvalue weighted by Crippen LogP contribution is 2.56. The zero-order valence-corrected chi connectivity index (χ0v) is 45.0. The second kappa shape index (κ2) is 14.8. The third-order valence-electron chi connectivity index (χ3n) is 18.4. The Balaban J connectivity index is 1.33. The molecule has 0 spiro atoms. The number of benzene rings is 6. The van der Waals surface area contributed by atoms with E-state index >= 15 is 0 Å². The molecule has 6 aromatic rings. The van der Waals surface area contributed by atoms with E-state index in [1.165, 1.54) is 83.5 Å². The summed E-state index contributed by atoms with van der Waals surface area (Å²) >= 11 is 0. The van der Waals surface area contributed by atoms with E-state index in [0.29, 0.717) is 0 Å². The van der Waals surface area contributed by atoms with Crippen LogP contribution in [-0.4, -0.2) is 6.71 Å². The first-order chi connectivity index (χ1) is 33.3. The van der Waals surface area contributed by atoms with Gasteiger partial charge in [0.15, 0.2) is 0 Å². The molecular formula is C66H79BN2. The van der Waals surface area contributed by atoms with Gasteiger partial charge < -0.3 is 9.80 Å². The highest BCUT2D eigenvalue weighted by atomic mass is 15.2. The van der Waals surface area contributed by atoms with Crippen LogP contribution in [0.4, 0.5) is 34.1 Å². The van der Waals surface area contributed by atoms with Crippen LogP contribution < -0.4 is 26.2 Å².